The first-order chi connectivity index (χ1) is 9.17. The van der Waals surface area contributed by atoms with Gasteiger partial charge in [0, 0.05) is 17.3 Å². The van der Waals surface area contributed by atoms with Crippen LogP contribution in [0.3, 0.4) is 0 Å². The largest absolute Gasteiger partial charge is 0.387 e. The molecule has 2 unspecified atom stereocenters. The van der Waals surface area contributed by atoms with Crippen molar-refractivity contribution in [2.75, 3.05) is 6.54 Å². The topological polar surface area (TPSA) is 46.2 Å². The first kappa shape index (κ1) is 14.2. The molecule has 3 N–H and O–H groups in total. The quantitative estimate of drug-likeness (QED) is 0.882. The van der Waals surface area contributed by atoms with Crippen molar-refractivity contribution in [3.63, 3.8) is 0 Å². The molecule has 0 aliphatic carbocycles. The average molecular weight is 279 g/mol. The van der Waals surface area contributed by atoms with Crippen LogP contribution in [0.4, 0.5) is 4.39 Å². The number of hydrogen-bond donors (Lipinski definition) is 2. The molecule has 2 aromatic rings. The van der Waals surface area contributed by atoms with Gasteiger partial charge in [-0.25, -0.2) is 4.39 Å². The Morgan fingerprint density at radius 1 is 1.26 bits per heavy atom. The summed E-state index contributed by atoms with van der Waals surface area (Å²) >= 11 is 1.54. The fourth-order valence-electron chi connectivity index (χ4n) is 2.24. The van der Waals surface area contributed by atoms with Gasteiger partial charge in [-0.1, -0.05) is 19.1 Å². The first-order valence-electron chi connectivity index (χ1n) is 6.37. The molecular weight excluding hydrogens is 261 g/mol. The Hall–Kier alpha value is -1.23. The van der Waals surface area contributed by atoms with Gasteiger partial charge in [-0.3, -0.25) is 0 Å². The highest BCUT2D eigenvalue weighted by Gasteiger charge is 2.24. The fraction of sp³-hybridized carbons (Fsp3) is 0.333. The summed E-state index contributed by atoms with van der Waals surface area (Å²) in [6.07, 6.45) is 0.252. The molecule has 0 spiro atoms. The summed E-state index contributed by atoms with van der Waals surface area (Å²) < 4.78 is 13.0. The number of nitrogens with two attached hydrogens (primary N) is 1. The SMILES string of the molecule is CCc1ccsc1C(O)C(CN)c1ccc(F)cc1. The molecule has 0 bridgehead atoms. The Kier molecular flexibility index (Phi) is 4.69. The van der Waals surface area contributed by atoms with Gasteiger partial charge in [0.2, 0.25) is 0 Å². The maximum atomic E-state index is 13.0. The van der Waals surface area contributed by atoms with E-state index in [1.165, 1.54) is 12.1 Å². The molecule has 19 heavy (non-hydrogen) atoms. The number of rotatable bonds is 5. The lowest BCUT2D eigenvalue weighted by atomic mass is 9.91. The van der Waals surface area contributed by atoms with Crippen LogP contribution in [0.25, 0.3) is 0 Å². The first-order valence-corrected chi connectivity index (χ1v) is 7.25. The van der Waals surface area contributed by atoms with Gasteiger partial charge in [-0.05, 0) is 41.1 Å². The summed E-state index contributed by atoms with van der Waals surface area (Å²) in [5.41, 5.74) is 7.81. The molecule has 2 atom stereocenters. The van der Waals surface area contributed by atoms with E-state index < -0.39 is 6.10 Å². The summed E-state index contributed by atoms with van der Waals surface area (Å²) in [7, 11) is 0. The van der Waals surface area contributed by atoms with Crippen molar-refractivity contribution in [1.82, 2.24) is 0 Å². The van der Waals surface area contributed by atoms with E-state index in [1.54, 1.807) is 23.5 Å². The molecule has 0 aliphatic heterocycles. The van der Waals surface area contributed by atoms with Crippen LogP contribution < -0.4 is 5.73 Å². The highest BCUT2D eigenvalue weighted by atomic mass is 32.1. The minimum atomic E-state index is -0.634. The van der Waals surface area contributed by atoms with Gasteiger partial charge in [0.25, 0.3) is 0 Å². The van der Waals surface area contributed by atoms with Crippen LogP contribution >= 0.6 is 11.3 Å². The van der Waals surface area contributed by atoms with Crippen LogP contribution in [0.5, 0.6) is 0 Å². The Balaban J connectivity index is 2.29. The van der Waals surface area contributed by atoms with E-state index in [9.17, 15) is 9.50 Å². The predicted molar refractivity (Wildman–Crippen MR) is 76.9 cm³/mol. The Labute approximate surface area is 116 Å². The average Bonchev–Trinajstić information content (AvgIpc) is 2.90. The molecule has 102 valence electrons. The van der Waals surface area contributed by atoms with Crippen molar-refractivity contribution in [2.45, 2.75) is 25.4 Å². The van der Waals surface area contributed by atoms with Gasteiger partial charge in [-0.2, -0.15) is 0 Å². The standard InChI is InChI=1S/C15H18FNOS/c1-2-10-7-8-19-15(10)14(18)13(9-17)11-3-5-12(16)6-4-11/h3-8,13-14,18H,2,9,17H2,1H3. The monoisotopic (exact) mass is 279 g/mol. The minimum Gasteiger partial charge on any atom is -0.387 e. The number of halogens is 1. The maximum Gasteiger partial charge on any atom is 0.123 e. The summed E-state index contributed by atoms with van der Waals surface area (Å²) in [5.74, 6) is -0.482. The number of thiophene rings is 1. The molecule has 0 amide bonds. The van der Waals surface area contributed by atoms with E-state index in [0.717, 1.165) is 22.4 Å². The van der Waals surface area contributed by atoms with Crippen molar-refractivity contribution in [1.29, 1.82) is 0 Å². The van der Waals surface area contributed by atoms with Gasteiger partial charge in [0.05, 0.1) is 6.10 Å². The highest BCUT2D eigenvalue weighted by Crippen LogP contribution is 2.35. The molecule has 2 rings (SSSR count). The van der Waals surface area contributed by atoms with E-state index in [-0.39, 0.29) is 11.7 Å². The molecule has 0 saturated heterocycles. The number of benzene rings is 1. The summed E-state index contributed by atoms with van der Waals surface area (Å²) in [4.78, 5) is 0.960. The van der Waals surface area contributed by atoms with Crippen LogP contribution in [0.15, 0.2) is 35.7 Å². The summed E-state index contributed by atoms with van der Waals surface area (Å²) in [6, 6.07) is 8.21. The molecule has 2 nitrogen and oxygen atoms in total. The third kappa shape index (κ3) is 3.03. The van der Waals surface area contributed by atoms with Gasteiger partial charge in [-0.15, -0.1) is 11.3 Å². The lowest BCUT2D eigenvalue weighted by molar-refractivity contribution is 0.150. The smallest absolute Gasteiger partial charge is 0.123 e. The highest BCUT2D eigenvalue weighted by molar-refractivity contribution is 7.10. The van der Waals surface area contributed by atoms with Gasteiger partial charge >= 0.3 is 0 Å². The van der Waals surface area contributed by atoms with Crippen molar-refractivity contribution in [3.8, 4) is 0 Å². The maximum absolute atomic E-state index is 13.0. The van der Waals surface area contributed by atoms with E-state index in [4.69, 9.17) is 5.73 Å². The third-order valence-electron chi connectivity index (χ3n) is 3.36. The molecule has 4 heteroatoms. The van der Waals surface area contributed by atoms with Crippen molar-refractivity contribution >= 4 is 11.3 Å². The zero-order chi connectivity index (χ0) is 13.8. The summed E-state index contributed by atoms with van der Waals surface area (Å²) in [6.45, 7) is 2.39. The molecule has 1 heterocycles. The number of hydrogen-bond acceptors (Lipinski definition) is 3. The Bertz CT molecular complexity index is 523. The number of aliphatic hydroxyl groups excluding tert-OH is 1. The molecule has 0 fully saturated rings. The van der Waals surface area contributed by atoms with E-state index in [2.05, 4.69) is 6.92 Å². The van der Waals surface area contributed by atoms with Crippen molar-refractivity contribution in [2.24, 2.45) is 5.73 Å². The fourth-order valence-corrected chi connectivity index (χ4v) is 3.29. The molecule has 1 aromatic carbocycles. The second-order valence-corrected chi connectivity index (χ2v) is 5.45. The molecule has 0 saturated carbocycles. The summed E-state index contributed by atoms with van der Waals surface area (Å²) in [5, 5.41) is 12.5. The Morgan fingerprint density at radius 2 is 1.95 bits per heavy atom. The van der Waals surface area contributed by atoms with Crippen LogP contribution in [0.2, 0.25) is 0 Å². The lowest BCUT2D eigenvalue weighted by Gasteiger charge is -2.22. The van der Waals surface area contributed by atoms with Crippen molar-refractivity contribution in [3.05, 3.63) is 57.5 Å². The second-order valence-electron chi connectivity index (χ2n) is 4.50. The number of aryl methyl sites for hydroxylation is 1. The second kappa shape index (κ2) is 6.28. The zero-order valence-electron chi connectivity index (χ0n) is 10.8. The van der Waals surface area contributed by atoms with E-state index >= 15 is 0 Å². The molecular formula is C15H18FNOS. The molecule has 0 radical (unpaired) electrons. The van der Waals surface area contributed by atoms with E-state index in [1.807, 2.05) is 11.4 Å². The van der Waals surface area contributed by atoms with Gasteiger partial charge in [0.15, 0.2) is 0 Å². The van der Waals surface area contributed by atoms with Crippen LogP contribution in [-0.2, 0) is 6.42 Å². The van der Waals surface area contributed by atoms with Crippen molar-refractivity contribution < 1.29 is 9.50 Å². The molecule has 0 aliphatic rings. The van der Waals surface area contributed by atoms with Crippen LogP contribution in [0, 0.1) is 5.82 Å². The number of aliphatic hydroxyl groups is 1. The minimum absolute atomic E-state index is 0.204. The predicted octanol–water partition coefficient (Wildman–Crippen LogP) is 3.23. The Morgan fingerprint density at radius 3 is 2.53 bits per heavy atom. The van der Waals surface area contributed by atoms with Crippen LogP contribution in [0.1, 0.15) is 34.9 Å². The van der Waals surface area contributed by atoms with Gasteiger partial charge in [0.1, 0.15) is 5.82 Å². The zero-order valence-corrected chi connectivity index (χ0v) is 11.7. The van der Waals surface area contributed by atoms with E-state index in [0.29, 0.717) is 6.54 Å². The third-order valence-corrected chi connectivity index (χ3v) is 4.39. The van der Waals surface area contributed by atoms with Crippen LogP contribution in [-0.4, -0.2) is 11.7 Å². The van der Waals surface area contributed by atoms with Gasteiger partial charge < -0.3 is 10.8 Å². The normalized spacial score (nSPS) is 14.3. The molecule has 1 aromatic heterocycles. The lowest BCUT2D eigenvalue weighted by Crippen LogP contribution is -2.20.